The highest BCUT2D eigenvalue weighted by atomic mass is 14.9. The van der Waals surface area contributed by atoms with Gasteiger partial charge in [0.2, 0.25) is 0 Å². The zero-order valence-electron chi connectivity index (χ0n) is 11.3. The predicted molar refractivity (Wildman–Crippen MR) is 76.6 cm³/mol. The van der Waals surface area contributed by atoms with Gasteiger partial charge >= 0.3 is 0 Å². The zero-order chi connectivity index (χ0) is 12.2. The lowest BCUT2D eigenvalue weighted by molar-refractivity contribution is 0.228. The minimum absolute atomic E-state index is 0.865. The monoisotopic (exact) mass is 243 g/mol. The molecule has 18 heavy (non-hydrogen) atoms. The van der Waals surface area contributed by atoms with Crippen molar-refractivity contribution in [3.8, 4) is 0 Å². The first kappa shape index (κ1) is 12.2. The van der Waals surface area contributed by atoms with Crippen LogP contribution in [0.2, 0.25) is 0 Å². The van der Waals surface area contributed by atoms with Gasteiger partial charge in [-0.2, -0.15) is 0 Å². The molecule has 0 heterocycles. The van der Waals surface area contributed by atoms with E-state index < -0.39 is 0 Å². The molecular weight excluding hydrogens is 218 g/mol. The molecule has 2 atom stereocenters. The van der Waals surface area contributed by atoms with E-state index in [1.54, 1.807) is 0 Å². The van der Waals surface area contributed by atoms with E-state index in [1.807, 2.05) is 0 Å². The van der Waals surface area contributed by atoms with E-state index in [0.29, 0.717) is 0 Å². The van der Waals surface area contributed by atoms with Crippen molar-refractivity contribution in [2.45, 2.75) is 51.0 Å². The van der Waals surface area contributed by atoms with Crippen molar-refractivity contribution < 1.29 is 0 Å². The maximum absolute atomic E-state index is 3.74. The van der Waals surface area contributed by atoms with Crippen molar-refractivity contribution in [3.05, 3.63) is 35.9 Å². The second kappa shape index (κ2) is 5.88. The fraction of sp³-hybridized carbons (Fsp3) is 0.647. The van der Waals surface area contributed by atoms with E-state index in [4.69, 9.17) is 0 Å². The molecule has 1 N–H and O–H groups in total. The summed E-state index contributed by atoms with van der Waals surface area (Å²) in [5.41, 5.74) is 1.53. The largest absolute Gasteiger partial charge is 0.314 e. The van der Waals surface area contributed by atoms with Crippen LogP contribution in [0, 0.1) is 11.8 Å². The Labute approximate surface area is 111 Å². The Balaban J connectivity index is 1.56. The smallest absolute Gasteiger partial charge is 0.00683 e. The average molecular weight is 243 g/mol. The molecule has 2 saturated carbocycles. The Kier molecular flexibility index (Phi) is 3.99. The van der Waals surface area contributed by atoms with Crippen LogP contribution < -0.4 is 5.32 Å². The van der Waals surface area contributed by atoms with Crippen molar-refractivity contribution in [1.29, 1.82) is 0 Å². The van der Waals surface area contributed by atoms with E-state index in [0.717, 1.165) is 17.9 Å². The van der Waals surface area contributed by atoms with Gasteiger partial charge in [-0.25, -0.2) is 0 Å². The molecule has 2 unspecified atom stereocenters. The van der Waals surface area contributed by atoms with Gasteiger partial charge in [-0.1, -0.05) is 43.2 Å². The van der Waals surface area contributed by atoms with Crippen LogP contribution in [0.3, 0.4) is 0 Å². The zero-order valence-corrected chi connectivity index (χ0v) is 11.3. The molecule has 3 rings (SSSR count). The summed E-state index contributed by atoms with van der Waals surface area (Å²) in [6, 6.07) is 11.9. The van der Waals surface area contributed by atoms with Crippen LogP contribution in [-0.4, -0.2) is 12.6 Å². The molecule has 2 aliphatic rings. The molecule has 1 aromatic carbocycles. The number of benzene rings is 1. The third kappa shape index (κ3) is 3.35. The average Bonchev–Trinajstić information content (AvgIpc) is 3.23. The molecule has 1 aromatic rings. The number of hydrogen-bond donors (Lipinski definition) is 1. The Morgan fingerprint density at radius 1 is 0.889 bits per heavy atom. The van der Waals surface area contributed by atoms with E-state index in [2.05, 4.69) is 35.6 Å². The van der Waals surface area contributed by atoms with Gasteiger partial charge in [-0.15, -0.1) is 0 Å². The molecule has 0 aliphatic heterocycles. The van der Waals surface area contributed by atoms with E-state index >= 15 is 0 Å². The van der Waals surface area contributed by atoms with Crippen LogP contribution in [0.4, 0.5) is 0 Å². The van der Waals surface area contributed by atoms with Crippen LogP contribution in [-0.2, 0) is 6.42 Å². The van der Waals surface area contributed by atoms with Gasteiger partial charge in [-0.05, 0) is 56.0 Å². The standard InChI is InChI=1S/C17H25N/c1-2-6-14(7-3-1)12-15-8-4-5-9-16(15)13-18-17-10-11-17/h1-3,6-7,15-18H,4-5,8-13H2. The van der Waals surface area contributed by atoms with Gasteiger partial charge in [0.25, 0.3) is 0 Å². The SMILES string of the molecule is c1ccc(CC2CCCCC2CNC2CC2)cc1. The highest BCUT2D eigenvalue weighted by molar-refractivity contribution is 5.15. The summed E-state index contributed by atoms with van der Waals surface area (Å²) in [6.07, 6.45) is 9.88. The Hall–Kier alpha value is -0.820. The van der Waals surface area contributed by atoms with Crippen molar-refractivity contribution in [2.24, 2.45) is 11.8 Å². The predicted octanol–water partition coefficient (Wildman–Crippen LogP) is 3.79. The molecule has 1 nitrogen and oxygen atoms in total. The summed E-state index contributed by atoms with van der Waals surface area (Å²) in [5, 5.41) is 3.74. The first-order chi connectivity index (χ1) is 8.92. The van der Waals surface area contributed by atoms with Gasteiger partial charge in [-0.3, -0.25) is 0 Å². The quantitative estimate of drug-likeness (QED) is 0.829. The number of rotatable bonds is 5. The van der Waals surface area contributed by atoms with Gasteiger partial charge in [0.15, 0.2) is 0 Å². The Morgan fingerprint density at radius 2 is 1.61 bits per heavy atom. The lowest BCUT2D eigenvalue weighted by atomic mass is 9.76. The summed E-state index contributed by atoms with van der Waals surface area (Å²) in [5.74, 6) is 1.83. The molecule has 0 saturated heterocycles. The number of nitrogens with one attached hydrogen (secondary N) is 1. The first-order valence-corrected chi connectivity index (χ1v) is 7.69. The molecule has 0 radical (unpaired) electrons. The fourth-order valence-electron chi connectivity index (χ4n) is 3.34. The minimum Gasteiger partial charge on any atom is -0.314 e. The summed E-state index contributed by atoms with van der Waals surface area (Å²) < 4.78 is 0. The second-order valence-corrected chi connectivity index (χ2v) is 6.18. The van der Waals surface area contributed by atoms with Crippen molar-refractivity contribution in [1.82, 2.24) is 5.32 Å². The third-order valence-electron chi connectivity index (χ3n) is 4.65. The first-order valence-electron chi connectivity index (χ1n) is 7.69. The molecule has 2 aliphatic carbocycles. The molecule has 2 fully saturated rings. The van der Waals surface area contributed by atoms with Gasteiger partial charge in [0, 0.05) is 6.04 Å². The second-order valence-electron chi connectivity index (χ2n) is 6.18. The van der Waals surface area contributed by atoms with Gasteiger partial charge in [0.05, 0.1) is 0 Å². The van der Waals surface area contributed by atoms with Crippen LogP contribution in [0.5, 0.6) is 0 Å². The topological polar surface area (TPSA) is 12.0 Å². The van der Waals surface area contributed by atoms with Crippen LogP contribution in [0.15, 0.2) is 30.3 Å². The van der Waals surface area contributed by atoms with Crippen LogP contribution in [0.1, 0.15) is 44.1 Å². The molecule has 0 bridgehead atoms. The molecule has 0 aromatic heterocycles. The maximum atomic E-state index is 3.74. The normalized spacial score (nSPS) is 28.2. The van der Waals surface area contributed by atoms with Crippen LogP contribution in [0.25, 0.3) is 0 Å². The van der Waals surface area contributed by atoms with Crippen LogP contribution >= 0.6 is 0 Å². The van der Waals surface area contributed by atoms with Gasteiger partial charge < -0.3 is 5.32 Å². The molecule has 0 amide bonds. The van der Waals surface area contributed by atoms with E-state index in [-0.39, 0.29) is 0 Å². The highest BCUT2D eigenvalue weighted by Gasteiger charge is 2.27. The minimum atomic E-state index is 0.865. The summed E-state index contributed by atoms with van der Waals surface area (Å²) in [7, 11) is 0. The lowest BCUT2D eigenvalue weighted by Crippen LogP contribution is -2.32. The van der Waals surface area contributed by atoms with E-state index in [9.17, 15) is 0 Å². The number of hydrogen-bond acceptors (Lipinski definition) is 1. The van der Waals surface area contributed by atoms with Crippen molar-refractivity contribution in [3.63, 3.8) is 0 Å². The molecular formula is C17H25N. The summed E-state index contributed by atoms with van der Waals surface area (Å²) >= 11 is 0. The third-order valence-corrected chi connectivity index (χ3v) is 4.65. The highest BCUT2D eigenvalue weighted by Crippen LogP contribution is 2.33. The van der Waals surface area contributed by atoms with Gasteiger partial charge in [0.1, 0.15) is 0 Å². The van der Waals surface area contributed by atoms with E-state index in [1.165, 1.54) is 57.1 Å². The summed E-state index contributed by atoms with van der Waals surface area (Å²) in [4.78, 5) is 0. The maximum Gasteiger partial charge on any atom is 0.00683 e. The Morgan fingerprint density at radius 3 is 2.33 bits per heavy atom. The van der Waals surface area contributed by atoms with Crippen molar-refractivity contribution in [2.75, 3.05) is 6.54 Å². The lowest BCUT2D eigenvalue weighted by Gasteiger charge is -2.32. The summed E-state index contributed by atoms with van der Waals surface area (Å²) in [6.45, 7) is 1.27. The van der Waals surface area contributed by atoms with Crippen molar-refractivity contribution >= 4 is 0 Å². The molecule has 0 spiro atoms. The fourth-order valence-corrected chi connectivity index (χ4v) is 3.34. The Bertz CT molecular complexity index is 355. The molecule has 98 valence electrons. The molecule has 1 heteroatoms.